The van der Waals surface area contributed by atoms with Gasteiger partial charge in [0.05, 0.1) is 16.8 Å². The summed E-state index contributed by atoms with van der Waals surface area (Å²) in [4.78, 5) is 16.1. The lowest BCUT2D eigenvalue weighted by Gasteiger charge is -2.05. The molecule has 0 unspecified atom stereocenters. The van der Waals surface area contributed by atoms with Crippen LogP contribution in [0.1, 0.15) is 19.3 Å². The van der Waals surface area contributed by atoms with Gasteiger partial charge in [-0.3, -0.25) is 4.79 Å². The fraction of sp³-hybridized carbons (Fsp3) is 0.467. The van der Waals surface area contributed by atoms with E-state index < -0.39 is 0 Å². The highest BCUT2D eigenvalue weighted by Crippen LogP contribution is 2.29. The molecule has 1 heterocycles. The molecule has 1 amide bonds. The van der Waals surface area contributed by atoms with Crippen LogP contribution in [0.2, 0.25) is 0 Å². The summed E-state index contributed by atoms with van der Waals surface area (Å²) < 4.78 is 11.6. The van der Waals surface area contributed by atoms with Crippen molar-refractivity contribution in [2.75, 3.05) is 31.5 Å². The van der Waals surface area contributed by atoms with Crippen molar-refractivity contribution in [1.82, 2.24) is 4.98 Å². The molecule has 7 heteroatoms. The number of carbonyl (C=O) groups is 1. The lowest BCUT2D eigenvalue weighted by molar-refractivity contribution is -0.116. The van der Waals surface area contributed by atoms with E-state index in [1.54, 1.807) is 7.11 Å². The van der Waals surface area contributed by atoms with E-state index in [4.69, 9.17) is 21.1 Å². The molecule has 0 atom stereocenters. The Morgan fingerprint density at radius 1 is 1.36 bits per heavy atom. The van der Waals surface area contributed by atoms with Gasteiger partial charge in [0.25, 0.3) is 0 Å². The minimum atomic E-state index is -0.0595. The van der Waals surface area contributed by atoms with Crippen LogP contribution in [0, 0.1) is 0 Å². The number of aromatic nitrogens is 1. The van der Waals surface area contributed by atoms with Crippen LogP contribution in [-0.4, -0.2) is 37.1 Å². The van der Waals surface area contributed by atoms with Crippen LogP contribution < -0.4 is 10.1 Å². The molecule has 0 fully saturated rings. The zero-order valence-corrected chi connectivity index (χ0v) is 14.0. The lowest BCUT2D eigenvalue weighted by atomic mass is 10.3. The van der Waals surface area contributed by atoms with E-state index in [-0.39, 0.29) is 5.91 Å². The summed E-state index contributed by atoms with van der Waals surface area (Å²) in [5.74, 6) is 1.22. The summed E-state index contributed by atoms with van der Waals surface area (Å²) in [5, 5.41) is 3.40. The number of rotatable bonds is 9. The van der Waals surface area contributed by atoms with Crippen LogP contribution in [-0.2, 0) is 9.53 Å². The number of halogens is 1. The second-order valence-corrected chi connectivity index (χ2v) is 6.09. The number of anilines is 1. The van der Waals surface area contributed by atoms with Crippen molar-refractivity contribution in [3.8, 4) is 5.75 Å². The highest BCUT2D eigenvalue weighted by molar-refractivity contribution is 7.22. The van der Waals surface area contributed by atoms with Gasteiger partial charge in [0.1, 0.15) is 5.75 Å². The van der Waals surface area contributed by atoms with Crippen LogP contribution in [0.25, 0.3) is 10.2 Å². The molecule has 2 rings (SSSR count). The first-order chi connectivity index (χ1) is 10.7. The van der Waals surface area contributed by atoms with Gasteiger partial charge in [0.2, 0.25) is 5.91 Å². The first-order valence-electron chi connectivity index (χ1n) is 7.11. The molecule has 120 valence electrons. The van der Waals surface area contributed by atoms with Gasteiger partial charge in [-0.05, 0) is 24.6 Å². The minimum absolute atomic E-state index is 0.0595. The molecule has 2 aromatic rings. The molecular weight excluding hydrogens is 324 g/mol. The van der Waals surface area contributed by atoms with Gasteiger partial charge in [0, 0.05) is 32.4 Å². The summed E-state index contributed by atoms with van der Waals surface area (Å²) >= 11 is 7.01. The van der Waals surface area contributed by atoms with E-state index in [9.17, 15) is 4.79 Å². The number of methoxy groups -OCH3 is 1. The van der Waals surface area contributed by atoms with Crippen LogP contribution >= 0.6 is 22.9 Å². The van der Waals surface area contributed by atoms with Crippen LogP contribution in [0.15, 0.2) is 18.2 Å². The Morgan fingerprint density at radius 2 is 2.23 bits per heavy atom. The molecule has 0 aliphatic rings. The summed E-state index contributed by atoms with van der Waals surface area (Å²) in [6.45, 7) is 1.29. The maximum atomic E-state index is 11.7. The summed E-state index contributed by atoms with van der Waals surface area (Å²) in [5.41, 5.74) is 0.849. The van der Waals surface area contributed by atoms with Crippen molar-refractivity contribution in [1.29, 1.82) is 0 Å². The zero-order valence-electron chi connectivity index (χ0n) is 12.4. The largest absolute Gasteiger partial charge is 0.493 e. The van der Waals surface area contributed by atoms with Gasteiger partial charge in [-0.1, -0.05) is 11.3 Å². The average Bonchev–Trinajstić information content (AvgIpc) is 2.91. The molecule has 0 aliphatic heterocycles. The highest BCUT2D eigenvalue weighted by Gasteiger charge is 2.08. The molecule has 22 heavy (non-hydrogen) atoms. The fourth-order valence-electron chi connectivity index (χ4n) is 1.85. The van der Waals surface area contributed by atoms with Crippen molar-refractivity contribution in [2.24, 2.45) is 0 Å². The fourth-order valence-corrected chi connectivity index (χ4v) is 2.89. The zero-order chi connectivity index (χ0) is 15.8. The normalized spacial score (nSPS) is 10.8. The number of carbonyl (C=O) groups excluding carboxylic acids is 1. The van der Waals surface area contributed by atoms with E-state index in [1.165, 1.54) is 11.3 Å². The second-order valence-electron chi connectivity index (χ2n) is 4.68. The Bertz CT molecular complexity index is 618. The third-order valence-corrected chi connectivity index (χ3v) is 4.11. The Hall–Kier alpha value is -1.37. The number of hydrogen-bond donors (Lipinski definition) is 1. The topological polar surface area (TPSA) is 60.5 Å². The SMILES string of the molecule is COCCCOc1ccc2nc(NC(=O)CCCCl)sc2c1. The summed E-state index contributed by atoms with van der Waals surface area (Å²) in [6.07, 6.45) is 1.92. The Labute approximate surface area is 138 Å². The van der Waals surface area contributed by atoms with Crippen molar-refractivity contribution in [3.05, 3.63) is 18.2 Å². The molecule has 1 aromatic carbocycles. The van der Waals surface area contributed by atoms with Crippen molar-refractivity contribution in [3.63, 3.8) is 0 Å². The average molecular weight is 343 g/mol. The first-order valence-corrected chi connectivity index (χ1v) is 8.46. The molecular formula is C15H19ClN2O3S. The van der Waals surface area contributed by atoms with Crippen LogP contribution in [0.4, 0.5) is 5.13 Å². The van der Waals surface area contributed by atoms with Crippen LogP contribution in [0.3, 0.4) is 0 Å². The standard InChI is InChI=1S/C15H19ClN2O3S/c1-20-8-3-9-21-11-5-6-12-13(10-11)22-15(17-12)18-14(19)4-2-7-16/h5-6,10H,2-4,7-9H2,1H3,(H,17,18,19). The Kier molecular flexibility index (Phi) is 6.89. The number of thiazole rings is 1. The smallest absolute Gasteiger partial charge is 0.226 e. The Morgan fingerprint density at radius 3 is 3.00 bits per heavy atom. The predicted octanol–water partition coefficient (Wildman–Crippen LogP) is 3.67. The number of nitrogens with zero attached hydrogens (tertiary/aromatic N) is 1. The van der Waals surface area contributed by atoms with Gasteiger partial charge < -0.3 is 14.8 Å². The summed E-state index contributed by atoms with van der Waals surface area (Å²) in [7, 11) is 1.67. The quantitative estimate of drug-likeness (QED) is 0.558. The van der Waals surface area contributed by atoms with Crippen molar-refractivity contribution < 1.29 is 14.3 Å². The number of fused-ring (bicyclic) bond motifs is 1. The van der Waals surface area contributed by atoms with E-state index in [2.05, 4.69) is 10.3 Å². The number of hydrogen-bond acceptors (Lipinski definition) is 5. The minimum Gasteiger partial charge on any atom is -0.493 e. The Balaban J connectivity index is 1.96. The van der Waals surface area contributed by atoms with E-state index >= 15 is 0 Å². The number of alkyl halides is 1. The highest BCUT2D eigenvalue weighted by atomic mass is 35.5. The third kappa shape index (κ3) is 5.12. The molecule has 0 radical (unpaired) electrons. The second kappa shape index (κ2) is 8.92. The molecule has 1 N–H and O–H groups in total. The monoisotopic (exact) mass is 342 g/mol. The number of amides is 1. The number of benzene rings is 1. The van der Waals surface area contributed by atoms with Gasteiger partial charge in [-0.15, -0.1) is 11.6 Å². The number of ether oxygens (including phenoxy) is 2. The van der Waals surface area contributed by atoms with E-state index in [0.29, 0.717) is 37.1 Å². The predicted molar refractivity (Wildman–Crippen MR) is 90.2 cm³/mol. The van der Waals surface area contributed by atoms with Gasteiger partial charge in [0.15, 0.2) is 5.13 Å². The maximum Gasteiger partial charge on any atom is 0.226 e. The van der Waals surface area contributed by atoms with Gasteiger partial charge in [-0.25, -0.2) is 4.98 Å². The molecule has 0 saturated carbocycles. The third-order valence-electron chi connectivity index (χ3n) is 2.91. The van der Waals surface area contributed by atoms with Gasteiger partial charge in [-0.2, -0.15) is 0 Å². The molecule has 0 aliphatic carbocycles. The van der Waals surface area contributed by atoms with Crippen molar-refractivity contribution >= 4 is 44.2 Å². The molecule has 1 aromatic heterocycles. The lowest BCUT2D eigenvalue weighted by Crippen LogP contribution is -2.10. The van der Waals surface area contributed by atoms with E-state index in [0.717, 1.165) is 22.4 Å². The van der Waals surface area contributed by atoms with Crippen LogP contribution in [0.5, 0.6) is 5.75 Å². The van der Waals surface area contributed by atoms with Crippen molar-refractivity contribution in [2.45, 2.75) is 19.3 Å². The molecule has 0 spiro atoms. The van der Waals surface area contributed by atoms with Gasteiger partial charge >= 0.3 is 0 Å². The molecule has 0 bridgehead atoms. The maximum absolute atomic E-state index is 11.7. The molecule has 0 saturated heterocycles. The summed E-state index contributed by atoms with van der Waals surface area (Å²) in [6, 6.07) is 5.72. The first kappa shape index (κ1) is 17.0. The van der Waals surface area contributed by atoms with E-state index in [1.807, 2.05) is 18.2 Å². The molecule has 5 nitrogen and oxygen atoms in total. The number of nitrogens with one attached hydrogen (secondary N) is 1.